The average Bonchev–Trinajstić information content (AvgIpc) is 3.28. The molecule has 0 atom stereocenters. The summed E-state index contributed by atoms with van der Waals surface area (Å²) in [7, 11) is 0. The molecule has 0 aliphatic carbocycles. The van der Waals surface area contributed by atoms with Gasteiger partial charge in [-0.2, -0.15) is 0 Å². The van der Waals surface area contributed by atoms with E-state index in [2.05, 4.69) is 212 Å². The highest BCUT2D eigenvalue weighted by Crippen LogP contribution is 2.44. The van der Waals surface area contributed by atoms with Crippen LogP contribution >= 0.6 is 0 Å². The molecule has 0 aromatic heterocycles. The normalized spacial score (nSPS) is 11.9. The van der Waals surface area contributed by atoms with Crippen LogP contribution in [0.5, 0.6) is 0 Å². The molecule has 57 heavy (non-hydrogen) atoms. The highest BCUT2D eigenvalue weighted by atomic mass is 14.9. The summed E-state index contributed by atoms with van der Waals surface area (Å²) >= 11 is 0. The molecule has 0 radical (unpaired) electrons. The summed E-state index contributed by atoms with van der Waals surface area (Å²) in [6.07, 6.45) is 0. The van der Waals surface area contributed by atoms with Crippen LogP contribution in [-0.2, 0) is 0 Å². The maximum atomic E-state index is 3.66. The standard InChI is InChI=1S/C56H35N/c1-3-7-35(8-4-1)45-27-15-39-21-33-51-47(29-17-41-19-31-49(45)53(39)55(41)51)37-11-23-43(24-12-37)57-44-25-13-38(14-26-44)48-30-18-42-20-32-50-46(36-9-5-2-6-10-36)28-16-40-22-34-52(48)56(42)54(40)50/h1-34,57H. The quantitative estimate of drug-likeness (QED) is 0.169. The highest BCUT2D eigenvalue weighted by molar-refractivity contribution is 6.29. The second kappa shape index (κ2) is 12.5. The Labute approximate surface area is 330 Å². The summed E-state index contributed by atoms with van der Waals surface area (Å²) in [5, 5.41) is 19.3. The number of anilines is 2. The molecule has 12 aromatic rings. The summed E-state index contributed by atoms with van der Waals surface area (Å²) in [5.41, 5.74) is 12.1. The minimum atomic E-state index is 1.06. The molecule has 0 fully saturated rings. The molecule has 264 valence electrons. The lowest BCUT2D eigenvalue weighted by Crippen LogP contribution is -1.92. The van der Waals surface area contributed by atoms with Crippen molar-refractivity contribution in [2.45, 2.75) is 0 Å². The van der Waals surface area contributed by atoms with Crippen LogP contribution < -0.4 is 5.32 Å². The third-order valence-corrected chi connectivity index (χ3v) is 12.2. The molecule has 0 heterocycles. The highest BCUT2D eigenvalue weighted by Gasteiger charge is 2.17. The molecule has 0 aliphatic rings. The zero-order chi connectivity index (χ0) is 37.5. The first kappa shape index (κ1) is 31.8. The van der Waals surface area contributed by atoms with E-state index in [4.69, 9.17) is 0 Å². The van der Waals surface area contributed by atoms with Gasteiger partial charge in [0.25, 0.3) is 0 Å². The lowest BCUT2D eigenvalue weighted by molar-refractivity contribution is 1.54. The lowest BCUT2D eigenvalue weighted by atomic mass is 9.87. The first-order valence-corrected chi connectivity index (χ1v) is 19.7. The second-order valence-corrected chi connectivity index (χ2v) is 15.3. The molecule has 0 amide bonds. The van der Waals surface area contributed by atoms with E-state index < -0.39 is 0 Å². The monoisotopic (exact) mass is 721 g/mol. The van der Waals surface area contributed by atoms with E-state index in [0.717, 1.165) is 11.4 Å². The van der Waals surface area contributed by atoms with E-state index in [9.17, 15) is 0 Å². The molecule has 0 saturated carbocycles. The zero-order valence-electron chi connectivity index (χ0n) is 31.1. The Bertz CT molecular complexity index is 3200. The van der Waals surface area contributed by atoms with Crippen molar-refractivity contribution < 1.29 is 0 Å². The molecule has 0 unspecified atom stereocenters. The van der Waals surface area contributed by atoms with Gasteiger partial charge < -0.3 is 5.32 Å². The molecule has 1 heteroatoms. The predicted octanol–water partition coefficient (Wildman–Crippen LogP) is 15.9. The van der Waals surface area contributed by atoms with E-state index in [0.29, 0.717) is 0 Å². The van der Waals surface area contributed by atoms with Gasteiger partial charge in [-0.3, -0.25) is 0 Å². The van der Waals surface area contributed by atoms with Crippen molar-refractivity contribution in [1.82, 2.24) is 0 Å². The maximum Gasteiger partial charge on any atom is 0.0384 e. The van der Waals surface area contributed by atoms with Crippen LogP contribution in [0.2, 0.25) is 0 Å². The van der Waals surface area contributed by atoms with Gasteiger partial charge in [-0.15, -0.1) is 0 Å². The SMILES string of the molecule is c1ccc(-c2ccc3ccc4c(-c5ccc(Nc6ccc(-c7ccc8ccc9c(-c%10ccccc%10)ccc%10ccc7c8c%109)cc6)cc5)ccc5ccc2c3c54)cc1. The van der Waals surface area contributed by atoms with Gasteiger partial charge in [-0.05, 0) is 133 Å². The minimum Gasteiger partial charge on any atom is -0.356 e. The predicted molar refractivity (Wildman–Crippen MR) is 245 cm³/mol. The zero-order valence-corrected chi connectivity index (χ0v) is 31.1. The number of rotatable bonds is 6. The maximum absolute atomic E-state index is 3.66. The second-order valence-electron chi connectivity index (χ2n) is 15.3. The van der Waals surface area contributed by atoms with E-state index >= 15 is 0 Å². The third kappa shape index (κ3) is 5.03. The number of nitrogens with one attached hydrogen (secondary N) is 1. The molecule has 0 aliphatic heterocycles. The molecule has 12 rings (SSSR count). The average molecular weight is 722 g/mol. The van der Waals surface area contributed by atoms with Gasteiger partial charge in [0.2, 0.25) is 0 Å². The topological polar surface area (TPSA) is 12.0 Å². The van der Waals surface area contributed by atoms with Gasteiger partial charge in [0.15, 0.2) is 0 Å². The first-order chi connectivity index (χ1) is 28.2. The Morgan fingerprint density at radius 1 is 0.211 bits per heavy atom. The fourth-order valence-corrected chi connectivity index (χ4v) is 9.48. The van der Waals surface area contributed by atoms with Crippen molar-refractivity contribution in [3.05, 3.63) is 206 Å². The first-order valence-electron chi connectivity index (χ1n) is 19.7. The molecule has 1 N–H and O–H groups in total. The molecule has 0 spiro atoms. The van der Waals surface area contributed by atoms with Crippen LogP contribution in [0.15, 0.2) is 206 Å². The molecule has 12 aromatic carbocycles. The van der Waals surface area contributed by atoms with Crippen LogP contribution in [-0.4, -0.2) is 0 Å². The summed E-state index contributed by atoms with van der Waals surface area (Å²) in [5.74, 6) is 0. The van der Waals surface area contributed by atoms with Gasteiger partial charge in [-0.1, -0.05) is 182 Å². The largest absolute Gasteiger partial charge is 0.356 e. The van der Waals surface area contributed by atoms with Crippen molar-refractivity contribution in [2.24, 2.45) is 0 Å². The fourth-order valence-electron chi connectivity index (χ4n) is 9.48. The Hall–Kier alpha value is -7.48. The molecule has 0 bridgehead atoms. The van der Waals surface area contributed by atoms with Crippen molar-refractivity contribution in [2.75, 3.05) is 5.32 Å². The molecule has 1 nitrogen and oxygen atoms in total. The Morgan fingerprint density at radius 2 is 0.474 bits per heavy atom. The Balaban J connectivity index is 0.860. The fraction of sp³-hybridized carbons (Fsp3) is 0. The molecular weight excluding hydrogens is 687 g/mol. The van der Waals surface area contributed by atoms with E-state index in [1.807, 2.05) is 0 Å². The number of hydrogen-bond donors (Lipinski definition) is 1. The molecule has 0 saturated heterocycles. The van der Waals surface area contributed by atoms with Gasteiger partial charge in [0.05, 0.1) is 0 Å². The van der Waals surface area contributed by atoms with Crippen molar-refractivity contribution in [3.8, 4) is 44.5 Å². The van der Waals surface area contributed by atoms with Gasteiger partial charge in [-0.25, -0.2) is 0 Å². The summed E-state index contributed by atoms with van der Waals surface area (Å²) in [6, 6.07) is 75.8. The van der Waals surface area contributed by atoms with Gasteiger partial charge in [0.1, 0.15) is 0 Å². The van der Waals surface area contributed by atoms with Gasteiger partial charge >= 0.3 is 0 Å². The smallest absolute Gasteiger partial charge is 0.0384 e. The van der Waals surface area contributed by atoms with E-state index in [1.54, 1.807) is 0 Å². The van der Waals surface area contributed by atoms with Crippen molar-refractivity contribution in [3.63, 3.8) is 0 Å². The van der Waals surface area contributed by atoms with Gasteiger partial charge in [0, 0.05) is 11.4 Å². The van der Waals surface area contributed by atoms with Crippen LogP contribution in [0.1, 0.15) is 0 Å². The third-order valence-electron chi connectivity index (χ3n) is 12.2. The Kier molecular flexibility index (Phi) is 7.00. The number of benzene rings is 12. The van der Waals surface area contributed by atoms with Crippen molar-refractivity contribution in [1.29, 1.82) is 0 Å². The van der Waals surface area contributed by atoms with E-state index in [1.165, 1.54) is 109 Å². The van der Waals surface area contributed by atoms with Crippen LogP contribution in [0.3, 0.4) is 0 Å². The summed E-state index contributed by atoms with van der Waals surface area (Å²) in [6.45, 7) is 0. The summed E-state index contributed by atoms with van der Waals surface area (Å²) < 4.78 is 0. The van der Waals surface area contributed by atoms with Crippen LogP contribution in [0.4, 0.5) is 11.4 Å². The van der Waals surface area contributed by atoms with Crippen molar-refractivity contribution >= 4 is 76.0 Å². The number of hydrogen-bond acceptors (Lipinski definition) is 1. The van der Waals surface area contributed by atoms with E-state index in [-0.39, 0.29) is 0 Å². The molecular formula is C56H35N. The summed E-state index contributed by atoms with van der Waals surface area (Å²) in [4.78, 5) is 0. The lowest BCUT2D eigenvalue weighted by Gasteiger charge is -2.17. The Morgan fingerprint density at radius 3 is 0.772 bits per heavy atom. The van der Waals surface area contributed by atoms with Crippen LogP contribution in [0, 0.1) is 0 Å². The minimum absolute atomic E-state index is 1.06. The van der Waals surface area contributed by atoms with Crippen LogP contribution in [0.25, 0.3) is 109 Å².